The third-order valence-electron chi connectivity index (χ3n) is 2.92. The zero-order valence-electron chi connectivity index (χ0n) is 13.3. The minimum atomic E-state index is -3.46. The summed E-state index contributed by atoms with van der Waals surface area (Å²) >= 11 is -2.43. The number of halogens is 1. The van der Waals surface area contributed by atoms with Crippen molar-refractivity contribution in [2.24, 2.45) is 0 Å². The molecule has 0 aliphatic heterocycles. The Labute approximate surface area is 142 Å². The molecule has 0 aromatic heterocycles. The number of hydrogen-bond acceptors (Lipinski definition) is 3. The summed E-state index contributed by atoms with van der Waals surface area (Å²) in [7, 11) is -3.46. The van der Waals surface area contributed by atoms with E-state index in [0.29, 0.717) is 0 Å². The molecule has 0 unspecified atom stereocenters. The fourth-order valence-corrected chi connectivity index (χ4v) is 7.03. The van der Waals surface area contributed by atoms with Gasteiger partial charge in [-0.2, -0.15) is 0 Å². The van der Waals surface area contributed by atoms with Crippen LogP contribution in [0.5, 0.6) is 0 Å². The zero-order chi connectivity index (χ0) is 16.3. The number of rotatable bonds is 9. The van der Waals surface area contributed by atoms with E-state index in [4.69, 9.17) is 2.51 Å². The average Bonchev–Trinajstić information content (AvgIpc) is 2.48. The quantitative estimate of drug-likeness (QED) is 0.312. The fourth-order valence-electron chi connectivity index (χ4n) is 1.85. The first-order chi connectivity index (χ1) is 10.5. The SMILES string of the molecule is CCCCCCCCC#CI(OS(C)(=O)=O)c1ccccc1. The van der Waals surface area contributed by atoms with E-state index in [1.54, 1.807) is 0 Å². The summed E-state index contributed by atoms with van der Waals surface area (Å²) in [4.78, 5) is 0. The van der Waals surface area contributed by atoms with Crippen LogP contribution in [0.15, 0.2) is 30.3 Å². The standard InChI is InChI=1S/C17H25IO3S/c1-3-4-5-6-7-8-9-13-16-18(21-22(2,19)20)17-14-11-10-12-15-17/h10-12,14-15H,3-9H2,1-2H3. The Hall–Kier alpha value is -0.580. The van der Waals surface area contributed by atoms with Crippen LogP contribution in [-0.4, -0.2) is 14.7 Å². The third-order valence-corrected chi connectivity index (χ3v) is 9.03. The monoisotopic (exact) mass is 436 g/mol. The zero-order valence-corrected chi connectivity index (χ0v) is 16.3. The van der Waals surface area contributed by atoms with E-state index in [-0.39, 0.29) is 0 Å². The van der Waals surface area contributed by atoms with Crippen LogP contribution < -0.4 is 0 Å². The molecule has 5 heteroatoms. The van der Waals surface area contributed by atoms with Crippen molar-refractivity contribution in [2.75, 3.05) is 6.26 Å². The molecule has 1 rings (SSSR count). The molecule has 0 atom stereocenters. The molecule has 0 saturated heterocycles. The van der Waals surface area contributed by atoms with Gasteiger partial charge in [-0.25, -0.2) is 0 Å². The molecule has 0 radical (unpaired) electrons. The molecule has 124 valence electrons. The van der Waals surface area contributed by atoms with Crippen LogP contribution in [-0.2, 0) is 12.6 Å². The number of benzene rings is 1. The van der Waals surface area contributed by atoms with Gasteiger partial charge in [-0.1, -0.05) is 0 Å². The van der Waals surface area contributed by atoms with Gasteiger partial charge < -0.3 is 0 Å². The molecular formula is C17H25IO3S. The maximum absolute atomic E-state index is 11.4. The van der Waals surface area contributed by atoms with Crippen molar-refractivity contribution in [3.05, 3.63) is 33.9 Å². The van der Waals surface area contributed by atoms with E-state index in [1.165, 1.54) is 32.1 Å². The summed E-state index contributed by atoms with van der Waals surface area (Å²) in [5.74, 6) is 3.13. The van der Waals surface area contributed by atoms with Crippen LogP contribution >= 0.6 is 20.2 Å². The average molecular weight is 436 g/mol. The van der Waals surface area contributed by atoms with Gasteiger partial charge in [0, 0.05) is 0 Å². The van der Waals surface area contributed by atoms with Crippen molar-refractivity contribution in [3.63, 3.8) is 0 Å². The van der Waals surface area contributed by atoms with Crippen LogP contribution in [0, 0.1) is 13.4 Å². The molecule has 0 aliphatic rings. The predicted octanol–water partition coefficient (Wildman–Crippen LogP) is 4.97. The van der Waals surface area contributed by atoms with E-state index in [9.17, 15) is 8.42 Å². The van der Waals surface area contributed by atoms with Gasteiger partial charge >= 0.3 is 143 Å². The second kappa shape index (κ2) is 11.0. The van der Waals surface area contributed by atoms with E-state index < -0.39 is 30.4 Å². The first-order valence-corrected chi connectivity index (χ1v) is 12.5. The predicted molar refractivity (Wildman–Crippen MR) is 101 cm³/mol. The van der Waals surface area contributed by atoms with Crippen LogP contribution in [0.2, 0.25) is 0 Å². The summed E-state index contributed by atoms with van der Waals surface area (Å²) < 4.78 is 32.1. The van der Waals surface area contributed by atoms with Crippen LogP contribution in [0.25, 0.3) is 0 Å². The van der Waals surface area contributed by atoms with E-state index in [0.717, 1.165) is 22.7 Å². The van der Waals surface area contributed by atoms with Gasteiger partial charge in [-0.3, -0.25) is 0 Å². The molecule has 0 saturated carbocycles. The fraction of sp³-hybridized carbons (Fsp3) is 0.529. The van der Waals surface area contributed by atoms with E-state index in [1.807, 2.05) is 30.3 Å². The van der Waals surface area contributed by atoms with Crippen LogP contribution in [0.3, 0.4) is 0 Å². The van der Waals surface area contributed by atoms with Gasteiger partial charge in [-0.15, -0.1) is 0 Å². The number of hydrogen-bond donors (Lipinski definition) is 0. The molecule has 0 N–H and O–H groups in total. The van der Waals surface area contributed by atoms with Gasteiger partial charge in [0.2, 0.25) is 0 Å². The molecule has 1 aromatic carbocycles. The van der Waals surface area contributed by atoms with Gasteiger partial charge in [0.15, 0.2) is 0 Å². The molecule has 0 spiro atoms. The molecule has 0 fully saturated rings. The molecule has 0 bridgehead atoms. The maximum atomic E-state index is 11.4. The van der Waals surface area contributed by atoms with Crippen molar-refractivity contribution >= 4 is 30.4 Å². The first-order valence-electron chi connectivity index (χ1n) is 7.66. The van der Waals surface area contributed by atoms with Gasteiger partial charge in [0.05, 0.1) is 0 Å². The molecule has 0 aliphatic carbocycles. The molecule has 1 aromatic rings. The summed E-state index contributed by atoms with van der Waals surface area (Å²) in [6.07, 6.45) is 9.30. The van der Waals surface area contributed by atoms with Crippen molar-refractivity contribution < 1.29 is 10.9 Å². The van der Waals surface area contributed by atoms with Crippen molar-refractivity contribution in [1.29, 1.82) is 0 Å². The number of unbranched alkanes of at least 4 members (excludes halogenated alkanes) is 6. The van der Waals surface area contributed by atoms with E-state index >= 15 is 0 Å². The van der Waals surface area contributed by atoms with Crippen molar-refractivity contribution in [2.45, 2.75) is 51.9 Å². The Morgan fingerprint density at radius 1 is 1.05 bits per heavy atom. The molecular weight excluding hydrogens is 411 g/mol. The second-order valence-electron chi connectivity index (χ2n) is 5.10. The van der Waals surface area contributed by atoms with Gasteiger partial charge in [-0.05, 0) is 0 Å². The Bertz CT molecular complexity index is 573. The normalized spacial score (nSPS) is 11.6. The molecule has 0 amide bonds. The third kappa shape index (κ3) is 9.44. The summed E-state index contributed by atoms with van der Waals surface area (Å²) in [5, 5.41) is 0. The molecule has 22 heavy (non-hydrogen) atoms. The van der Waals surface area contributed by atoms with E-state index in [2.05, 4.69) is 16.8 Å². The Kier molecular flexibility index (Phi) is 9.76. The molecule has 0 heterocycles. The molecule has 3 nitrogen and oxygen atoms in total. The van der Waals surface area contributed by atoms with Crippen molar-refractivity contribution in [3.8, 4) is 9.85 Å². The minimum absolute atomic E-state index is 0.820. The summed E-state index contributed by atoms with van der Waals surface area (Å²) in [5.41, 5.74) is 0. The van der Waals surface area contributed by atoms with Crippen LogP contribution in [0.1, 0.15) is 51.9 Å². The van der Waals surface area contributed by atoms with Crippen molar-refractivity contribution in [1.82, 2.24) is 0 Å². The van der Waals surface area contributed by atoms with Gasteiger partial charge in [0.1, 0.15) is 0 Å². The summed E-state index contributed by atoms with van der Waals surface area (Å²) in [6.45, 7) is 2.21. The second-order valence-corrected chi connectivity index (χ2v) is 10.9. The van der Waals surface area contributed by atoms with Crippen LogP contribution in [0.4, 0.5) is 0 Å². The Morgan fingerprint density at radius 2 is 1.68 bits per heavy atom. The Balaban J connectivity index is 2.51. The summed E-state index contributed by atoms with van der Waals surface area (Å²) in [6, 6.07) is 9.48. The first kappa shape index (κ1) is 19.5. The Morgan fingerprint density at radius 3 is 2.32 bits per heavy atom. The topological polar surface area (TPSA) is 43.4 Å². The van der Waals surface area contributed by atoms with Gasteiger partial charge in [0.25, 0.3) is 0 Å².